The fourth-order valence-electron chi connectivity index (χ4n) is 6.72. The number of methoxy groups -OCH3 is 2. The summed E-state index contributed by atoms with van der Waals surface area (Å²) in [5.74, 6) is 1.72. The molecule has 0 fully saturated rings. The molecule has 2 heterocycles. The first-order chi connectivity index (χ1) is 19.6. The van der Waals surface area contributed by atoms with Crippen molar-refractivity contribution in [2.75, 3.05) is 14.2 Å². The van der Waals surface area contributed by atoms with Crippen LogP contribution >= 0.6 is 0 Å². The predicted molar refractivity (Wildman–Crippen MR) is 166 cm³/mol. The Hall–Kier alpha value is -4.96. The summed E-state index contributed by atoms with van der Waals surface area (Å²) in [5.41, 5.74) is 11.8. The lowest BCUT2D eigenvalue weighted by Gasteiger charge is -2.29. The number of rotatable bonds is 4. The van der Waals surface area contributed by atoms with Crippen LogP contribution in [0.3, 0.4) is 0 Å². The van der Waals surface area contributed by atoms with Crippen LogP contribution in [0.15, 0.2) is 97.1 Å². The van der Waals surface area contributed by atoms with Crippen molar-refractivity contribution in [3.8, 4) is 34.0 Å². The lowest BCUT2D eigenvalue weighted by atomic mass is 9.87. The van der Waals surface area contributed by atoms with Gasteiger partial charge in [0.05, 0.1) is 47.7 Å². The molecule has 0 atom stereocenters. The van der Waals surface area contributed by atoms with Gasteiger partial charge in [-0.05, 0) is 84.3 Å². The van der Waals surface area contributed by atoms with E-state index in [1.807, 2.05) is 0 Å². The van der Waals surface area contributed by atoms with Crippen molar-refractivity contribution >= 4 is 43.6 Å². The van der Waals surface area contributed by atoms with Crippen LogP contribution < -0.4 is 9.47 Å². The van der Waals surface area contributed by atoms with E-state index in [9.17, 15) is 0 Å². The predicted octanol–water partition coefficient (Wildman–Crippen LogP) is 9.06. The molecule has 0 saturated heterocycles. The van der Waals surface area contributed by atoms with Crippen LogP contribution in [0, 0.1) is 13.8 Å². The molecule has 8 rings (SSSR count). The van der Waals surface area contributed by atoms with Crippen molar-refractivity contribution in [1.82, 2.24) is 9.13 Å². The van der Waals surface area contributed by atoms with Gasteiger partial charge in [-0.3, -0.25) is 0 Å². The fourth-order valence-corrected chi connectivity index (χ4v) is 6.72. The van der Waals surface area contributed by atoms with Crippen LogP contribution in [0.4, 0.5) is 0 Å². The van der Waals surface area contributed by atoms with Crippen LogP contribution in [-0.2, 0) is 0 Å². The number of aryl methyl sites for hydroxylation is 2. The van der Waals surface area contributed by atoms with Gasteiger partial charge in [-0.2, -0.15) is 0 Å². The molecule has 0 bridgehead atoms. The molecule has 6 aromatic rings. The van der Waals surface area contributed by atoms with Crippen LogP contribution in [0.5, 0.6) is 11.5 Å². The number of pyridine rings is 2. The van der Waals surface area contributed by atoms with Gasteiger partial charge in [0.1, 0.15) is 11.5 Å². The highest BCUT2D eigenvalue weighted by Gasteiger charge is 2.27. The zero-order valence-corrected chi connectivity index (χ0v) is 22.9. The SMILES string of the molecule is COc1cc(C)cc(-n2c3ccc4cccc5c4c3-c3c4c(cccc42)ccc3n5-c2cc(C)cc(OC)c2)c1. The normalized spacial score (nSPS) is 12.0. The first kappa shape index (κ1) is 23.0. The number of nitrogens with zero attached hydrogens (tertiary/aromatic N) is 2. The Balaban J connectivity index is 1.65. The summed E-state index contributed by atoms with van der Waals surface area (Å²) in [5, 5.41) is 4.98. The van der Waals surface area contributed by atoms with Crippen LogP contribution in [0.1, 0.15) is 11.1 Å². The maximum Gasteiger partial charge on any atom is 0.121 e. The molecule has 0 N–H and O–H groups in total. The van der Waals surface area contributed by atoms with E-state index >= 15 is 0 Å². The molecule has 0 saturated carbocycles. The lowest BCUT2D eigenvalue weighted by Crippen LogP contribution is -2.10. The molecule has 0 spiro atoms. The van der Waals surface area contributed by atoms with Crippen molar-refractivity contribution < 1.29 is 9.47 Å². The summed E-state index contributed by atoms with van der Waals surface area (Å²) in [6, 6.07) is 35.2. The van der Waals surface area contributed by atoms with E-state index in [1.165, 1.54) is 54.7 Å². The van der Waals surface area contributed by atoms with Gasteiger partial charge < -0.3 is 18.6 Å². The van der Waals surface area contributed by atoms with E-state index in [4.69, 9.17) is 9.47 Å². The maximum atomic E-state index is 5.70. The number of hydrogen-bond donors (Lipinski definition) is 0. The van der Waals surface area contributed by atoms with Gasteiger partial charge >= 0.3 is 0 Å². The third-order valence-electron chi connectivity index (χ3n) is 8.28. The molecule has 4 heteroatoms. The van der Waals surface area contributed by atoms with E-state index in [-0.39, 0.29) is 0 Å². The van der Waals surface area contributed by atoms with E-state index in [2.05, 4.69) is 120 Å². The Morgan fingerprint density at radius 1 is 0.475 bits per heavy atom. The standard InChI is InChI=1S/C36H28N2O2/c1-21-15-25(19-27(17-21)39-3)37-29-9-5-7-23-12-14-32-36(33(23)29)35-31(37)13-11-24-8-6-10-30(34(24)35)38(32)26-16-22(2)18-28(20-26)40-4/h5-20H,1-4H3. The van der Waals surface area contributed by atoms with E-state index in [0.717, 1.165) is 34.0 Å². The molecule has 0 aromatic heterocycles. The summed E-state index contributed by atoms with van der Waals surface area (Å²) in [4.78, 5) is 0. The van der Waals surface area contributed by atoms with Crippen LogP contribution in [0.2, 0.25) is 0 Å². The molecule has 194 valence electrons. The topological polar surface area (TPSA) is 28.3 Å². The second-order valence-electron chi connectivity index (χ2n) is 10.8. The highest BCUT2D eigenvalue weighted by atomic mass is 16.5. The molecule has 0 aliphatic carbocycles. The first-order valence-electron chi connectivity index (χ1n) is 13.6. The van der Waals surface area contributed by atoms with Gasteiger partial charge in [-0.15, -0.1) is 0 Å². The van der Waals surface area contributed by atoms with E-state index in [1.54, 1.807) is 14.2 Å². The average Bonchev–Trinajstić information content (AvgIpc) is 2.97. The Morgan fingerprint density at radius 2 is 0.925 bits per heavy atom. The number of ether oxygens (including phenoxy) is 2. The minimum atomic E-state index is 0.858. The number of benzene rings is 6. The lowest BCUT2D eigenvalue weighted by molar-refractivity contribution is 0.414. The second-order valence-corrected chi connectivity index (χ2v) is 10.8. The van der Waals surface area contributed by atoms with Gasteiger partial charge in [0, 0.05) is 34.0 Å². The average molecular weight is 521 g/mol. The minimum Gasteiger partial charge on any atom is -0.497 e. The fraction of sp³-hybridized carbons (Fsp3) is 0.111. The molecule has 6 aromatic carbocycles. The largest absolute Gasteiger partial charge is 0.497 e. The molecule has 2 aliphatic heterocycles. The summed E-state index contributed by atoms with van der Waals surface area (Å²) in [7, 11) is 3.47. The summed E-state index contributed by atoms with van der Waals surface area (Å²) in [6.07, 6.45) is 0. The molecule has 2 aliphatic rings. The highest BCUT2D eigenvalue weighted by Crippen LogP contribution is 2.49. The van der Waals surface area contributed by atoms with Gasteiger partial charge in [-0.25, -0.2) is 0 Å². The quantitative estimate of drug-likeness (QED) is 0.171. The Bertz CT molecular complexity index is 2060. The molecule has 0 amide bonds. The molecule has 40 heavy (non-hydrogen) atoms. The Morgan fingerprint density at radius 3 is 1.35 bits per heavy atom. The van der Waals surface area contributed by atoms with Gasteiger partial charge in [0.25, 0.3) is 0 Å². The summed E-state index contributed by atoms with van der Waals surface area (Å²) < 4.78 is 16.2. The Labute approximate surface area is 232 Å². The van der Waals surface area contributed by atoms with E-state index in [0.29, 0.717) is 0 Å². The van der Waals surface area contributed by atoms with Crippen molar-refractivity contribution in [2.24, 2.45) is 0 Å². The van der Waals surface area contributed by atoms with Crippen LogP contribution in [-0.4, -0.2) is 23.4 Å². The molecule has 0 radical (unpaired) electrons. The zero-order valence-electron chi connectivity index (χ0n) is 22.9. The third-order valence-corrected chi connectivity index (χ3v) is 8.28. The molecule has 4 nitrogen and oxygen atoms in total. The Kier molecular flexibility index (Phi) is 4.75. The number of hydrogen-bond acceptors (Lipinski definition) is 2. The number of aromatic nitrogens is 2. The zero-order chi connectivity index (χ0) is 27.1. The van der Waals surface area contributed by atoms with Crippen molar-refractivity contribution in [1.29, 1.82) is 0 Å². The van der Waals surface area contributed by atoms with Gasteiger partial charge in [0.2, 0.25) is 0 Å². The van der Waals surface area contributed by atoms with Crippen LogP contribution in [0.25, 0.3) is 66.1 Å². The second kappa shape index (κ2) is 8.27. The first-order valence-corrected chi connectivity index (χ1v) is 13.6. The monoisotopic (exact) mass is 520 g/mol. The maximum absolute atomic E-state index is 5.70. The minimum absolute atomic E-state index is 0.858. The van der Waals surface area contributed by atoms with Gasteiger partial charge in [-0.1, -0.05) is 36.4 Å². The summed E-state index contributed by atoms with van der Waals surface area (Å²) in [6.45, 7) is 4.25. The van der Waals surface area contributed by atoms with Crippen molar-refractivity contribution in [3.63, 3.8) is 0 Å². The van der Waals surface area contributed by atoms with Crippen molar-refractivity contribution in [2.45, 2.75) is 13.8 Å². The summed E-state index contributed by atoms with van der Waals surface area (Å²) >= 11 is 0. The van der Waals surface area contributed by atoms with Crippen molar-refractivity contribution in [3.05, 3.63) is 108 Å². The molecule has 0 unspecified atom stereocenters. The smallest absolute Gasteiger partial charge is 0.121 e. The molecular formula is C36H28N2O2. The van der Waals surface area contributed by atoms with Gasteiger partial charge in [0.15, 0.2) is 0 Å². The highest BCUT2D eigenvalue weighted by molar-refractivity contribution is 6.26. The van der Waals surface area contributed by atoms with E-state index < -0.39 is 0 Å². The third kappa shape index (κ3) is 3.07. The molecular weight excluding hydrogens is 492 g/mol.